The Balaban J connectivity index is 3.18. The highest BCUT2D eigenvalue weighted by Crippen LogP contribution is 2.08. The average Bonchev–Trinajstić information content (AvgIpc) is 2.13. The van der Waals surface area contributed by atoms with Crippen LogP contribution in [-0.4, -0.2) is 19.3 Å². The van der Waals surface area contributed by atoms with Crippen molar-refractivity contribution in [3.63, 3.8) is 0 Å². The molecule has 0 saturated carbocycles. The van der Waals surface area contributed by atoms with Crippen LogP contribution < -0.4 is 5.46 Å². The van der Waals surface area contributed by atoms with Crippen LogP contribution in [-0.2, 0) is 4.65 Å². The molecule has 2 nitrogen and oxygen atoms in total. The van der Waals surface area contributed by atoms with E-state index >= 15 is 0 Å². The summed E-state index contributed by atoms with van der Waals surface area (Å²) in [4.78, 5) is 0. The van der Waals surface area contributed by atoms with Crippen LogP contribution >= 0.6 is 0 Å². The second kappa shape index (κ2) is 3.80. The molecule has 1 aromatic rings. The Bertz CT molecular complexity index is 319. The maximum atomic E-state index is 12.8. The van der Waals surface area contributed by atoms with E-state index in [0.29, 0.717) is 0 Å². The van der Waals surface area contributed by atoms with Gasteiger partial charge in [0.05, 0.1) is 0 Å². The van der Waals surface area contributed by atoms with E-state index < -0.39 is 30.0 Å². The number of hydrogen-bond donors (Lipinski definition) is 1. The molecular weight excluding hydrogens is 184 g/mol. The Morgan fingerprint density at radius 3 is 2.38 bits per heavy atom. The molecule has 0 saturated heterocycles. The molecule has 6 heteroatoms. The third kappa shape index (κ3) is 1.84. The van der Waals surface area contributed by atoms with Crippen LogP contribution in [0.3, 0.4) is 0 Å². The lowest BCUT2D eigenvalue weighted by molar-refractivity contribution is 0.338. The van der Waals surface area contributed by atoms with Gasteiger partial charge in [-0.05, 0) is 6.07 Å². The lowest BCUT2D eigenvalue weighted by Crippen LogP contribution is -2.35. The van der Waals surface area contributed by atoms with Gasteiger partial charge < -0.3 is 9.68 Å². The van der Waals surface area contributed by atoms with Crippen molar-refractivity contribution in [3.05, 3.63) is 29.6 Å². The second-order valence-corrected chi connectivity index (χ2v) is 2.35. The molecule has 70 valence electrons. The maximum absolute atomic E-state index is 12.8. The first-order chi connectivity index (χ1) is 6.07. The van der Waals surface area contributed by atoms with Gasteiger partial charge in [0, 0.05) is 12.6 Å². The SMILES string of the molecule is COB(O)c1ccc(F)c(F)c1F. The normalized spacial score (nSPS) is 10.2. The highest BCUT2D eigenvalue weighted by molar-refractivity contribution is 6.60. The Morgan fingerprint density at radius 1 is 1.23 bits per heavy atom. The summed E-state index contributed by atoms with van der Waals surface area (Å²) < 4.78 is 42.1. The molecule has 0 fully saturated rings. The van der Waals surface area contributed by atoms with Crippen LogP contribution in [0.15, 0.2) is 12.1 Å². The van der Waals surface area contributed by atoms with Crippen molar-refractivity contribution in [2.75, 3.05) is 7.11 Å². The van der Waals surface area contributed by atoms with Gasteiger partial charge in [0.25, 0.3) is 0 Å². The molecule has 1 N–H and O–H groups in total. The Labute approximate surface area is 73.1 Å². The van der Waals surface area contributed by atoms with E-state index in [0.717, 1.165) is 19.2 Å². The zero-order valence-corrected chi connectivity index (χ0v) is 6.72. The molecule has 0 unspecified atom stereocenters. The van der Waals surface area contributed by atoms with Crippen LogP contribution in [0.2, 0.25) is 0 Å². The fourth-order valence-electron chi connectivity index (χ4n) is 0.859. The van der Waals surface area contributed by atoms with Gasteiger partial charge in [-0.2, -0.15) is 0 Å². The van der Waals surface area contributed by atoms with Gasteiger partial charge in [-0.3, -0.25) is 0 Å². The molecule has 13 heavy (non-hydrogen) atoms. The first kappa shape index (κ1) is 10.1. The smallest absolute Gasteiger partial charge is 0.423 e. The van der Waals surface area contributed by atoms with Crippen molar-refractivity contribution in [2.45, 2.75) is 0 Å². The quantitative estimate of drug-likeness (QED) is 0.541. The summed E-state index contributed by atoms with van der Waals surface area (Å²) in [6, 6.07) is 1.64. The van der Waals surface area contributed by atoms with Crippen molar-refractivity contribution in [1.29, 1.82) is 0 Å². The highest BCUT2D eigenvalue weighted by atomic mass is 19.2. The third-order valence-electron chi connectivity index (χ3n) is 1.55. The van der Waals surface area contributed by atoms with Crippen LogP contribution in [0, 0.1) is 17.5 Å². The monoisotopic (exact) mass is 190 g/mol. The van der Waals surface area contributed by atoms with Gasteiger partial charge in [-0.1, -0.05) is 6.07 Å². The van der Waals surface area contributed by atoms with Gasteiger partial charge in [-0.15, -0.1) is 0 Å². The van der Waals surface area contributed by atoms with E-state index in [9.17, 15) is 13.2 Å². The zero-order chi connectivity index (χ0) is 10.0. The van der Waals surface area contributed by atoms with Crippen molar-refractivity contribution < 1.29 is 22.8 Å². The van der Waals surface area contributed by atoms with Gasteiger partial charge >= 0.3 is 7.12 Å². The van der Waals surface area contributed by atoms with Crippen LogP contribution in [0.4, 0.5) is 13.2 Å². The molecule has 0 bridgehead atoms. The summed E-state index contributed by atoms with van der Waals surface area (Å²) in [6.45, 7) is 0. The number of hydrogen-bond acceptors (Lipinski definition) is 2. The molecular formula is C7H6BF3O2. The van der Waals surface area contributed by atoms with Gasteiger partial charge in [0.1, 0.15) is 0 Å². The van der Waals surface area contributed by atoms with E-state index in [2.05, 4.69) is 4.65 Å². The molecule has 0 amide bonds. The number of benzene rings is 1. The van der Waals surface area contributed by atoms with E-state index in [1.165, 1.54) is 0 Å². The molecule has 0 radical (unpaired) electrons. The van der Waals surface area contributed by atoms with E-state index in [-0.39, 0.29) is 0 Å². The van der Waals surface area contributed by atoms with Gasteiger partial charge in [-0.25, -0.2) is 13.2 Å². The average molecular weight is 190 g/mol. The van der Waals surface area contributed by atoms with E-state index in [1.54, 1.807) is 0 Å². The van der Waals surface area contributed by atoms with Gasteiger partial charge in [0.15, 0.2) is 17.5 Å². The molecule has 0 atom stereocenters. The van der Waals surface area contributed by atoms with E-state index in [1.807, 2.05) is 0 Å². The fourth-order valence-corrected chi connectivity index (χ4v) is 0.859. The third-order valence-corrected chi connectivity index (χ3v) is 1.55. The molecule has 1 rings (SSSR count). The summed E-state index contributed by atoms with van der Waals surface area (Å²) in [5.41, 5.74) is -0.429. The lowest BCUT2D eigenvalue weighted by Gasteiger charge is -2.05. The van der Waals surface area contributed by atoms with E-state index in [4.69, 9.17) is 5.02 Å². The topological polar surface area (TPSA) is 29.5 Å². The minimum absolute atomic E-state index is 0.429. The summed E-state index contributed by atoms with van der Waals surface area (Å²) in [5, 5.41) is 8.97. The van der Waals surface area contributed by atoms with Crippen molar-refractivity contribution in [2.24, 2.45) is 0 Å². The Kier molecular flexibility index (Phi) is 2.95. The second-order valence-electron chi connectivity index (χ2n) is 2.35. The number of halogens is 3. The molecule has 0 aliphatic carbocycles. The minimum atomic E-state index is -1.62. The standard InChI is InChI=1S/C7H6BF3O2/c1-13-8(12)4-2-3-5(9)7(11)6(4)10/h2-3,12H,1H3. The zero-order valence-electron chi connectivity index (χ0n) is 6.72. The molecule has 0 aromatic heterocycles. The molecule has 0 heterocycles. The molecule has 1 aromatic carbocycles. The largest absolute Gasteiger partial charge is 0.494 e. The molecule has 0 aliphatic rings. The molecule has 0 aliphatic heterocycles. The van der Waals surface area contributed by atoms with Crippen molar-refractivity contribution in [1.82, 2.24) is 0 Å². The lowest BCUT2D eigenvalue weighted by atomic mass is 9.79. The Morgan fingerprint density at radius 2 is 1.85 bits per heavy atom. The number of rotatable bonds is 2. The fraction of sp³-hybridized carbons (Fsp3) is 0.143. The van der Waals surface area contributed by atoms with Crippen molar-refractivity contribution >= 4 is 12.6 Å². The summed E-state index contributed by atoms with van der Waals surface area (Å²) in [5.74, 6) is -4.35. The summed E-state index contributed by atoms with van der Waals surface area (Å²) in [7, 11) is -0.471. The van der Waals surface area contributed by atoms with Crippen molar-refractivity contribution in [3.8, 4) is 0 Å². The predicted molar refractivity (Wildman–Crippen MR) is 40.9 cm³/mol. The van der Waals surface area contributed by atoms with Crippen LogP contribution in [0.5, 0.6) is 0 Å². The highest BCUT2D eigenvalue weighted by Gasteiger charge is 2.23. The Hall–Kier alpha value is -1.01. The summed E-state index contributed by atoms with van der Waals surface area (Å²) in [6.07, 6.45) is 0. The van der Waals surface area contributed by atoms with Crippen LogP contribution in [0.25, 0.3) is 0 Å². The predicted octanol–water partition coefficient (Wildman–Crippen LogP) is 0.438. The summed E-state index contributed by atoms with van der Waals surface area (Å²) >= 11 is 0. The first-order valence-corrected chi connectivity index (χ1v) is 3.42. The van der Waals surface area contributed by atoms with Gasteiger partial charge in [0.2, 0.25) is 0 Å². The van der Waals surface area contributed by atoms with Crippen LogP contribution in [0.1, 0.15) is 0 Å². The first-order valence-electron chi connectivity index (χ1n) is 3.42. The minimum Gasteiger partial charge on any atom is -0.423 e. The molecule has 0 spiro atoms. The maximum Gasteiger partial charge on any atom is 0.494 e.